The predicted octanol–water partition coefficient (Wildman–Crippen LogP) is 3.76. The summed E-state index contributed by atoms with van der Waals surface area (Å²) in [5.74, 6) is 0. The van der Waals surface area contributed by atoms with Gasteiger partial charge in [-0.1, -0.05) is 65.2 Å². The van der Waals surface area contributed by atoms with E-state index in [-0.39, 0.29) is 41.0 Å². The first-order valence-corrected chi connectivity index (χ1v) is 4.91. The molecule has 0 N–H and O–H groups in total. The molecule has 0 aliphatic carbocycles. The van der Waals surface area contributed by atoms with Gasteiger partial charge in [-0.3, -0.25) is 0 Å². The normalized spacial score (nSPS) is 8.50. The van der Waals surface area contributed by atoms with Crippen LogP contribution >= 0.6 is 0 Å². The molecule has 0 unspecified atom stereocenters. The summed E-state index contributed by atoms with van der Waals surface area (Å²) in [6.45, 7) is 4.54. The van der Waals surface area contributed by atoms with Crippen LogP contribution in [0.25, 0.3) is 0 Å². The molecule has 0 amide bonds. The fourth-order valence-corrected chi connectivity index (χ4v) is 1.21. The Morgan fingerprint density at radius 3 is 1.08 bits per heavy atom. The monoisotopic (exact) mass is 325 g/mol. The minimum Gasteiger partial charge on any atom is -0.0654 e. The summed E-state index contributed by atoms with van der Waals surface area (Å²) in [5.41, 5.74) is 0. The molecule has 0 atom stereocenters. The average molecular weight is 325 g/mol. The van der Waals surface area contributed by atoms with Gasteiger partial charge in [-0.05, 0) is 0 Å². The van der Waals surface area contributed by atoms with Crippen molar-refractivity contribution in [3.8, 4) is 0 Å². The zero-order valence-electron chi connectivity index (χ0n) is 8.46. The largest absolute Gasteiger partial charge is 0.0654 e. The van der Waals surface area contributed by atoms with E-state index in [4.69, 9.17) is 0 Å². The molecule has 0 nitrogen and oxygen atoms in total. The molecule has 0 spiro atoms. The summed E-state index contributed by atoms with van der Waals surface area (Å²) in [6.07, 6.45) is 11.5. The van der Waals surface area contributed by atoms with Gasteiger partial charge in [0.15, 0.2) is 0 Å². The minimum atomic E-state index is 0. The van der Waals surface area contributed by atoms with E-state index in [1.165, 1.54) is 51.4 Å². The first-order valence-electron chi connectivity index (χ1n) is 4.91. The van der Waals surface area contributed by atoms with Crippen molar-refractivity contribution in [1.82, 2.24) is 0 Å². The number of unbranched alkanes of at least 4 members (excludes halogenated alkanes) is 7. The van der Waals surface area contributed by atoms with Gasteiger partial charge in [-0.2, -0.15) is 0 Å². The smallest absolute Gasteiger partial charge is 0 e. The zero-order chi connectivity index (χ0) is 7.66. The van der Waals surface area contributed by atoms with E-state index in [9.17, 15) is 0 Å². The Balaban J connectivity index is -0.000000405. The Morgan fingerprint density at radius 2 is 0.833 bits per heavy atom. The second kappa shape index (κ2) is 18.2. The molecule has 77 valence electrons. The molecule has 0 saturated heterocycles. The van der Waals surface area contributed by atoms with Crippen LogP contribution in [0.1, 0.15) is 65.2 Å². The van der Waals surface area contributed by atoms with Crippen LogP contribution in [0.5, 0.6) is 0 Å². The van der Waals surface area contributed by atoms with E-state index in [0.29, 0.717) is 0 Å². The van der Waals surface area contributed by atoms with E-state index >= 15 is 0 Å². The minimum absolute atomic E-state index is 0. The van der Waals surface area contributed by atoms with Crippen LogP contribution in [0.3, 0.4) is 0 Å². The third kappa shape index (κ3) is 17.4. The molecule has 0 saturated carbocycles. The Kier molecular flexibility index (Phi) is 28.7. The fourth-order valence-electron chi connectivity index (χ4n) is 1.21. The average Bonchev–Trinajstić information content (AvgIpc) is 1.97. The molecule has 0 fully saturated rings. The van der Waals surface area contributed by atoms with Gasteiger partial charge in [0.1, 0.15) is 0 Å². The van der Waals surface area contributed by atoms with Gasteiger partial charge in [0, 0.05) is 41.0 Å². The van der Waals surface area contributed by atoms with Gasteiger partial charge in [0.25, 0.3) is 0 Å². The quantitative estimate of drug-likeness (QED) is 0.494. The van der Waals surface area contributed by atoms with Crippen LogP contribution in [-0.4, -0.2) is 23.9 Å². The van der Waals surface area contributed by atoms with Crippen molar-refractivity contribution >= 4 is 23.9 Å². The van der Waals surface area contributed by atoms with Crippen LogP contribution in [0.15, 0.2) is 0 Å². The summed E-state index contributed by atoms with van der Waals surface area (Å²) >= 11 is 0. The second-order valence-electron chi connectivity index (χ2n) is 3.12. The van der Waals surface area contributed by atoms with Crippen LogP contribution < -0.4 is 0 Å². The Bertz CT molecular complexity index is 49.8. The fraction of sp³-hybridized carbons (Fsp3) is 1.00. The molecule has 0 aliphatic heterocycles. The van der Waals surface area contributed by atoms with Crippen molar-refractivity contribution < 1.29 is 17.1 Å². The summed E-state index contributed by atoms with van der Waals surface area (Å²) < 4.78 is 0. The number of rotatable bonds is 7. The Morgan fingerprint density at radius 1 is 0.583 bits per heavy atom. The van der Waals surface area contributed by atoms with Crippen LogP contribution in [0.2, 0.25) is 0 Å². The van der Waals surface area contributed by atoms with E-state index in [0.717, 1.165) is 0 Å². The molecule has 0 aromatic heterocycles. The molecule has 2 heteroatoms. The van der Waals surface area contributed by atoms with Crippen LogP contribution in [-0.2, 0) is 17.1 Å². The van der Waals surface area contributed by atoms with Gasteiger partial charge in [0.05, 0.1) is 0 Å². The Labute approximate surface area is 106 Å². The van der Waals surface area contributed by atoms with Crippen molar-refractivity contribution in [2.45, 2.75) is 65.2 Å². The number of hydrogen-bond donors (Lipinski definition) is 0. The molecule has 0 aromatic rings. The van der Waals surface area contributed by atoms with Gasteiger partial charge in [-0.25, -0.2) is 0 Å². The second-order valence-corrected chi connectivity index (χ2v) is 3.12. The summed E-state index contributed by atoms with van der Waals surface area (Å²) in [5, 5.41) is 0. The van der Waals surface area contributed by atoms with E-state index in [2.05, 4.69) is 13.8 Å². The van der Waals surface area contributed by atoms with Gasteiger partial charge in [-0.15, -0.1) is 0 Å². The maximum absolute atomic E-state index is 2.27. The van der Waals surface area contributed by atoms with Gasteiger partial charge >= 0.3 is 0 Å². The van der Waals surface area contributed by atoms with Crippen LogP contribution in [0.4, 0.5) is 0 Å². The topological polar surface area (TPSA) is 0 Å². The number of hydrogen-bond acceptors (Lipinski definition) is 0. The molecule has 0 aromatic carbocycles. The Hall–Kier alpha value is 1.32. The van der Waals surface area contributed by atoms with Crippen molar-refractivity contribution in [1.29, 1.82) is 0 Å². The summed E-state index contributed by atoms with van der Waals surface area (Å²) in [6, 6.07) is 0. The summed E-state index contributed by atoms with van der Waals surface area (Å²) in [4.78, 5) is 0. The standard InChI is InChI=1S/C10H22.Cu.Sn/c1-3-5-7-9-10-8-6-4-2;;/h3-10H2,1-2H3;;. The molecule has 5 radical (unpaired) electrons. The van der Waals surface area contributed by atoms with E-state index in [1.54, 1.807) is 0 Å². The summed E-state index contributed by atoms with van der Waals surface area (Å²) in [7, 11) is 0. The van der Waals surface area contributed by atoms with E-state index in [1.807, 2.05) is 0 Å². The van der Waals surface area contributed by atoms with Crippen LogP contribution in [0, 0.1) is 0 Å². The van der Waals surface area contributed by atoms with E-state index < -0.39 is 0 Å². The molecular weight excluding hydrogens is 302 g/mol. The van der Waals surface area contributed by atoms with Crippen molar-refractivity contribution in [2.24, 2.45) is 0 Å². The SMILES string of the molecule is CCCCCCCCCC.[Cu].[Sn]. The van der Waals surface area contributed by atoms with Crippen molar-refractivity contribution in [2.75, 3.05) is 0 Å². The van der Waals surface area contributed by atoms with Crippen molar-refractivity contribution in [3.63, 3.8) is 0 Å². The first kappa shape index (κ1) is 19.0. The molecule has 0 heterocycles. The maximum Gasteiger partial charge on any atom is 0 e. The zero-order valence-corrected chi connectivity index (χ0v) is 12.3. The molecule has 12 heavy (non-hydrogen) atoms. The molecule has 0 bridgehead atoms. The first-order chi connectivity index (χ1) is 4.91. The third-order valence-corrected chi connectivity index (χ3v) is 1.96. The molecule has 0 aliphatic rings. The van der Waals surface area contributed by atoms with Crippen molar-refractivity contribution in [3.05, 3.63) is 0 Å². The molecular formula is C10H22CuSn. The molecule has 0 rings (SSSR count). The maximum atomic E-state index is 2.27. The van der Waals surface area contributed by atoms with Gasteiger partial charge in [0.2, 0.25) is 0 Å². The van der Waals surface area contributed by atoms with Gasteiger partial charge < -0.3 is 0 Å². The predicted molar refractivity (Wildman–Crippen MR) is 54.0 cm³/mol. The third-order valence-electron chi connectivity index (χ3n) is 1.96.